The van der Waals surface area contributed by atoms with Crippen molar-refractivity contribution in [2.24, 2.45) is 0 Å². The fourth-order valence-corrected chi connectivity index (χ4v) is 4.13. The summed E-state index contributed by atoms with van der Waals surface area (Å²) in [4.78, 5) is 36.5. The van der Waals surface area contributed by atoms with Gasteiger partial charge in [-0.2, -0.15) is 0 Å². The molecule has 6 atom stereocenters. The SMILES string of the molecule is CCOC(C)OC1CCC(C)(OC(C)OCC)C(OC(C)=O)/C=C/CC(/C(C)=C/C(C)=O)OC(=O)C1. The van der Waals surface area contributed by atoms with Crippen molar-refractivity contribution in [1.82, 2.24) is 0 Å². The van der Waals surface area contributed by atoms with Crippen molar-refractivity contribution in [3.63, 3.8) is 0 Å². The fraction of sp³-hybridized carbons (Fsp3) is 0.741. The summed E-state index contributed by atoms with van der Waals surface area (Å²) in [5.41, 5.74) is -0.360. The van der Waals surface area contributed by atoms with Crippen molar-refractivity contribution in [1.29, 1.82) is 0 Å². The highest BCUT2D eigenvalue weighted by Crippen LogP contribution is 2.31. The summed E-state index contributed by atoms with van der Waals surface area (Å²) >= 11 is 0. The van der Waals surface area contributed by atoms with Gasteiger partial charge in [0.2, 0.25) is 0 Å². The van der Waals surface area contributed by atoms with Crippen LogP contribution in [0.4, 0.5) is 0 Å². The Morgan fingerprint density at radius 1 is 1.14 bits per heavy atom. The predicted octanol–water partition coefficient (Wildman–Crippen LogP) is 4.42. The Balaban J connectivity index is 3.43. The van der Waals surface area contributed by atoms with E-state index in [4.69, 9.17) is 28.4 Å². The van der Waals surface area contributed by atoms with Gasteiger partial charge in [0.05, 0.1) is 12.5 Å². The molecule has 0 amide bonds. The number of carbonyl (C=O) groups excluding carboxylic acids is 3. The minimum Gasteiger partial charge on any atom is -0.457 e. The molecule has 9 heteroatoms. The molecule has 0 fully saturated rings. The Morgan fingerprint density at radius 3 is 2.36 bits per heavy atom. The van der Waals surface area contributed by atoms with Crippen molar-refractivity contribution in [3.05, 3.63) is 23.8 Å². The van der Waals surface area contributed by atoms with Gasteiger partial charge in [0.25, 0.3) is 0 Å². The van der Waals surface area contributed by atoms with Crippen molar-refractivity contribution >= 4 is 17.7 Å². The van der Waals surface area contributed by atoms with Crippen LogP contribution < -0.4 is 0 Å². The van der Waals surface area contributed by atoms with Gasteiger partial charge < -0.3 is 28.4 Å². The molecule has 0 saturated heterocycles. The summed E-state index contributed by atoms with van der Waals surface area (Å²) in [5.74, 6) is -1.04. The maximum atomic E-state index is 12.9. The molecule has 1 aliphatic rings. The third-order valence-electron chi connectivity index (χ3n) is 5.75. The average Bonchev–Trinajstić information content (AvgIpc) is 2.75. The number of rotatable bonds is 11. The van der Waals surface area contributed by atoms with Crippen molar-refractivity contribution < 1.29 is 42.8 Å². The van der Waals surface area contributed by atoms with Crippen molar-refractivity contribution in [2.45, 2.75) is 118 Å². The van der Waals surface area contributed by atoms with E-state index in [1.165, 1.54) is 19.9 Å². The average molecular weight is 513 g/mol. The van der Waals surface area contributed by atoms with E-state index in [9.17, 15) is 14.4 Å². The Bertz CT molecular complexity index is 775. The lowest BCUT2D eigenvalue weighted by molar-refractivity contribution is -0.230. The lowest BCUT2D eigenvalue weighted by Crippen LogP contribution is -2.47. The standard InChI is InChI=1S/C27H44O9/c1-9-31-21(6)34-23-14-15-27(8,36-22(7)32-10-2)25(33-20(5)29)13-11-12-24(35-26(30)17-23)18(3)16-19(4)28/h11,13,16,21-25H,9-10,12,14-15,17H2,1-8H3/b13-11+,18-16+. The quantitative estimate of drug-likeness (QED) is 0.172. The second kappa shape index (κ2) is 15.9. The molecular weight excluding hydrogens is 468 g/mol. The highest BCUT2D eigenvalue weighted by molar-refractivity contribution is 5.88. The molecule has 0 aliphatic carbocycles. The van der Waals surface area contributed by atoms with E-state index < -0.39 is 48.4 Å². The first-order valence-corrected chi connectivity index (χ1v) is 12.7. The van der Waals surface area contributed by atoms with Gasteiger partial charge in [-0.15, -0.1) is 0 Å². The largest absolute Gasteiger partial charge is 0.457 e. The van der Waals surface area contributed by atoms with Crippen molar-refractivity contribution in [2.75, 3.05) is 13.2 Å². The van der Waals surface area contributed by atoms with Crippen LogP contribution in [-0.4, -0.2) is 67.4 Å². The summed E-state index contributed by atoms with van der Waals surface area (Å²) in [6.45, 7) is 14.6. The number of ether oxygens (including phenoxy) is 6. The first kappa shape index (κ1) is 32.0. The lowest BCUT2D eigenvalue weighted by atomic mass is 9.89. The molecule has 0 aromatic carbocycles. The van der Waals surface area contributed by atoms with Gasteiger partial charge in [-0.3, -0.25) is 14.4 Å². The van der Waals surface area contributed by atoms with Gasteiger partial charge >= 0.3 is 11.9 Å². The Labute approximate surface area is 215 Å². The Morgan fingerprint density at radius 2 is 1.78 bits per heavy atom. The molecule has 1 heterocycles. The second-order valence-corrected chi connectivity index (χ2v) is 9.15. The van der Waals surface area contributed by atoms with E-state index in [2.05, 4.69) is 0 Å². The van der Waals surface area contributed by atoms with E-state index in [1.54, 1.807) is 32.9 Å². The topological polar surface area (TPSA) is 107 Å². The smallest absolute Gasteiger partial charge is 0.309 e. The van der Waals surface area contributed by atoms with Gasteiger partial charge in [-0.1, -0.05) is 6.08 Å². The number of hydrogen-bond donors (Lipinski definition) is 0. The van der Waals surface area contributed by atoms with Crippen molar-refractivity contribution in [3.8, 4) is 0 Å². The number of esters is 2. The number of carbonyl (C=O) groups is 3. The number of cyclic esters (lactones) is 1. The molecule has 0 aromatic rings. The molecule has 36 heavy (non-hydrogen) atoms. The first-order valence-electron chi connectivity index (χ1n) is 12.7. The van der Waals surface area contributed by atoms with Crippen LogP contribution in [0.5, 0.6) is 0 Å². The van der Waals surface area contributed by atoms with E-state index in [0.717, 1.165) is 0 Å². The fourth-order valence-electron chi connectivity index (χ4n) is 4.13. The summed E-state index contributed by atoms with van der Waals surface area (Å²) < 4.78 is 34.9. The van der Waals surface area contributed by atoms with Gasteiger partial charge in [0.15, 0.2) is 18.4 Å². The van der Waals surface area contributed by atoms with Crippen LogP contribution in [0.2, 0.25) is 0 Å². The molecule has 1 aliphatic heterocycles. The Kier molecular flexibility index (Phi) is 14.1. The van der Waals surface area contributed by atoms with Gasteiger partial charge in [-0.25, -0.2) is 0 Å². The second-order valence-electron chi connectivity index (χ2n) is 9.15. The maximum Gasteiger partial charge on any atom is 0.309 e. The first-order chi connectivity index (χ1) is 16.9. The molecule has 0 bridgehead atoms. The summed E-state index contributed by atoms with van der Waals surface area (Å²) in [7, 11) is 0. The summed E-state index contributed by atoms with van der Waals surface area (Å²) in [6, 6.07) is 0. The molecule has 0 radical (unpaired) electrons. The molecule has 9 nitrogen and oxygen atoms in total. The summed E-state index contributed by atoms with van der Waals surface area (Å²) in [5, 5.41) is 0. The monoisotopic (exact) mass is 512 g/mol. The van der Waals surface area contributed by atoms with Gasteiger partial charge in [0, 0.05) is 26.6 Å². The van der Waals surface area contributed by atoms with Gasteiger partial charge in [-0.05, 0) is 79.0 Å². The number of allylic oxidation sites excluding steroid dienone is 1. The molecule has 1 rings (SSSR count). The highest BCUT2D eigenvalue weighted by atomic mass is 16.7. The molecule has 0 aromatic heterocycles. The molecule has 206 valence electrons. The molecule has 0 spiro atoms. The predicted molar refractivity (Wildman–Crippen MR) is 134 cm³/mol. The van der Waals surface area contributed by atoms with Gasteiger partial charge in [0.1, 0.15) is 17.8 Å². The van der Waals surface area contributed by atoms with Crippen LogP contribution in [0, 0.1) is 0 Å². The number of ketones is 1. The zero-order valence-corrected chi connectivity index (χ0v) is 23.0. The third kappa shape index (κ3) is 11.8. The summed E-state index contributed by atoms with van der Waals surface area (Å²) in [6.07, 6.45) is 3.02. The maximum absolute atomic E-state index is 12.9. The highest BCUT2D eigenvalue weighted by Gasteiger charge is 2.39. The van der Waals surface area contributed by atoms with Crippen LogP contribution in [-0.2, 0) is 42.8 Å². The van der Waals surface area contributed by atoms with E-state index in [1.807, 2.05) is 20.8 Å². The normalized spacial score (nSPS) is 28.7. The minimum atomic E-state index is -0.976. The molecule has 0 saturated carbocycles. The van der Waals surface area contributed by atoms with Crippen LogP contribution >= 0.6 is 0 Å². The van der Waals surface area contributed by atoms with Crippen LogP contribution in [0.15, 0.2) is 23.8 Å². The lowest BCUT2D eigenvalue weighted by Gasteiger charge is -2.38. The van der Waals surface area contributed by atoms with Crippen LogP contribution in [0.25, 0.3) is 0 Å². The zero-order valence-electron chi connectivity index (χ0n) is 23.0. The third-order valence-corrected chi connectivity index (χ3v) is 5.75. The van der Waals surface area contributed by atoms with E-state index >= 15 is 0 Å². The molecular formula is C27H44O9. The number of hydrogen-bond acceptors (Lipinski definition) is 9. The molecule has 0 N–H and O–H groups in total. The zero-order chi connectivity index (χ0) is 27.3. The Hall–Kier alpha value is -2.07. The minimum absolute atomic E-state index is 0.0136. The molecule has 6 unspecified atom stereocenters. The van der Waals surface area contributed by atoms with Crippen LogP contribution in [0.1, 0.15) is 81.1 Å². The van der Waals surface area contributed by atoms with E-state index in [-0.39, 0.29) is 18.6 Å². The van der Waals surface area contributed by atoms with Crippen LogP contribution in [0.3, 0.4) is 0 Å². The van der Waals surface area contributed by atoms with E-state index in [0.29, 0.717) is 31.6 Å².